The van der Waals surface area contributed by atoms with Crippen LogP contribution in [0.15, 0.2) is 12.1 Å². The molecule has 2 rings (SSSR count). The first-order valence-corrected chi connectivity index (χ1v) is 5.32. The maximum Gasteiger partial charge on any atom is 0.180 e. The maximum atomic E-state index is 5.55. The van der Waals surface area contributed by atoms with Gasteiger partial charge < -0.3 is 15.2 Å². The van der Waals surface area contributed by atoms with Gasteiger partial charge in [0.2, 0.25) is 0 Å². The number of fused-ring (bicyclic) bond motifs is 1. The zero-order valence-electron chi connectivity index (χ0n) is 8.61. The summed E-state index contributed by atoms with van der Waals surface area (Å²) in [6.07, 6.45) is 0. The van der Waals surface area contributed by atoms with Gasteiger partial charge in [-0.05, 0) is 12.1 Å². The van der Waals surface area contributed by atoms with E-state index in [2.05, 4.69) is 4.98 Å². The van der Waals surface area contributed by atoms with Crippen LogP contribution in [0.4, 0.5) is 0 Å². The number of aromatic nitrogens is 1. The molecule has 0 atom stereocenters. The van der Waals surface area contributed by atoms with E-state index < -0.39 is 0 Å². The lowest BCUT2D eigenvalue weighted by Crippen LogP contribution is -1.93. The molecule has 0 aliphatic carbocycles. The van der Waals surface area contributed by atoms with Gasteiger partial charge in [0.15, 0.2) is 11.5 Å². The van der Waals surface area contributed by atoms with Crippen LogP contribution in [-0.4, -0.2) is 19.2 Å². The molecule has 0 saturated carbocycles. The smallest absolute Gasteiger partial charge is 0.180 e. The summed E-state index contributed by atoms with van der Waals surface area (Å²) >= 11 is 1.54. The molecule has 2 aromatic rings. The number of ether oxygens (including phenoxy) is 2. The number of nitrogens with zero attached hydrogens (tertiary/aromatic N) is 1. The third-order valence-electron chi connectivity index (χ3n) is 2.12. The Bertz CT molecular complexity index is 481. The second kappa shape index (κ2) is 4.04. The van der Waals surface area contributed by atoms with E-state index in [-0.39, 0.29) is 0 Å². The summed E-state index contributed by atoms with van der Waals surface area (Å²) < 4.78 is 11.5. The number of methoxy groups -OCH3 is 2. The van der Waals surface area contributed by atoms with Crippen molar-refractivity contribution < 1.29 is 9.47 Å². The second-order valence-corrected chi connectivity index (χ2v) is 4.04. The van der Waals surface area contributed by atoms with Gasteiger partial charge in [-0.2, -0.15) is 0 Å². The molecular formula is C10H12N2O2S. The van der Waals surface area contributed by atoms with Crippen LogP contribution in [0.25, 0.3) is 10.2 Å². The Morgan fingerprint density at radius 1 is 1.33 bits per heavy atom. The van der Waals surface area contributed by atoms with Gasteiger partial charge in [0.25, 0.3) is 0 Å². The molecule has 80 valence electrons. The first kappa shape index (κ1) is 10.2. The molecule has 0 fully saturated rings. The SMILES string of the molecule is COc1ccc2nc(CN)sc2c1OC. The number of hydrogen-bond donors (Lipinski definition) is 1. The summed E-state index contributed by atoms with van der Waals surface area (Å²) in [4.78, 5) is 4.37. The normalized spacial score (nSPS) is 10.6. The Kier molecular flexibility index (Phi) is 2.75. The third kappa shape index (κ3) is 1.64. The molecule has 0 aliphatic heterocycles. The lowest BCUT2D eigenvalue weighted by Gasteiger charge is -2.06. The fraction of sp³-hybridized carbons (Fsp3) is 0.300. The van der Waals surface area contributed by atoms with Crippen molar-refractivity contribution in [1.82, 2.24) is 4.98 Å². The molecule has 1 aromatic carbocycles. The molecule has 2 N–H and O–H groups in total. The van der Waals surface area contributed by atoms with E-state index in [0.717, 1.165) is 26.7 Å². The van der Waals surface area contributed by atoms with Crippen LogP contribution in [-0.2, 0) is 6.54 Å². The highest BCUT2D eigenvalue weighted by atomic mass is 32.1. The number of nitrogens with two attached hydrogens (primary N) is 1. The predicted molar refractivity (Wildman–Crippen MR) is 60.6 cm³/mol. The topological polar surface area (TPSA) is 57.4 Å². The van der Waals surface area contributed by atoms with Crippen LogP contribution >= 0.6 is 11.3 Å². The van der Waals surface area contributed by atoms with Gasteiger partial charge in [0, 0.05) is 6.54 Å². The third-order valence-corrected chi connectivity index (χ3v) is 3.21. The largest absolute Gasteiger partial charge is 0.493 e. The molecule has 15 heavy (non-hydrogen) atoms. The summed E-state index contributed by atoms with van der Waals surface area (Å²) in [5.74, 6) is 1.45. The summed E-state index contributed by atoms with van der Waals surface area (Å²) in [6.45, 7) is 0.449. The van der Waals surface area contributed by atoms with Gasteiger partial charge in [-0.3, -0.25) is 0 Å². The second-order valence-electron chi connectivity index (χ2n) is 2.96. The number of thiazole rings is 1. The molecule has 0 aliphatic rings. The fourth-order valence-electron chi connectivity index (χ4n) is 1.44. The highest BCUT2D eigenvalue weighted by Crippen LogP contribution is 2.38. The van der Waals surface area contributed by atoms with E-state index in [1.807, 2.05) is 12.1 Å². The lowest BCUT2D eigenvalue weighted by molar-refractivity contribution is 0.359. The van der Waals surface area contributed by atoms with Crippen LogP contribution in [0.1, 0.15) is 5.01 Å². The molecular weight excluding hydrogens is 212 g/mol. The van der Waals surface area contributed by atoms with Crippen LogP contribution in [0.3, 0.4) is 0 Å². The van der Waals surface area contributed by atoms with Crippen LogP contribution < -0.4 is 15.2 Å². The Morgan fingerprint density at radius 3 is 2.73 bits per heavy atom. The molecule has 1 heterocycles. The van der Waals surface area contributed by atoms with E-state index in [4.69, 9.17) is 15.2 Å². The molecule has 0 bridgehead atoms. The molecule has 4 nitrogen and oxygen atoms in total. The zero-order valence-corrected chi connectivity index (χ0v) is 9.43. The van der Waals surface area contributed by atoms with E-state index in [1.165, 1.54) is 11.3 Å². The first-order chi connectivity index (χ1) is 7.30. The summed E-state index contributed by atoms with van der Waals surface area (Å²) in [6, 6.07) is 3.76. The molecule has 0 unspecified atom stereocenters. The van der Waals surface area contributed by atoms with E-state index >= 15 is 0 Å². The Morgan fingerprint density at radius 2 is 2.13 bits per heavy atom. The molecule has 0 spiro atoms. The van der Waals surface area contributed by atoms with Crippen LogP contribution in [0, 0.1) is 0 Å². The Labute approximate surface area is 91.6 Å². The minimum atomic E-state index is 0.449. The van der Waals surface area contributed by atoms with Crippen molar-refractivity contribution in [2.45, 2.75) is 6.54 Å². The summed E-state index contributed by atoms with van der Waals surface area (Å²) in [7, 11) is 3.24. The molecule has 5 heteroatoms. The standard InChI is InChI=1S/C10H12N2O2S/c1-13-7-4-3-6-10(9(7)14-2)15-8(5-11)12-6/h3-4H,5,11H2,1-2H3. The van der Waals surface area contributed by atoms with Crippen molar-refractivity contribution >= 4 is 21.6 Å². The Balaban J connectivity index is 2.69. The molecule has 1 aromatic heterocycles. The van der Waals surface area contributed by atoms with Gasteiger partial charge in [-0.1, -0.05) is 0 Å². The van der Waals surface area contributed by atoms with Gasteiger partial charge in [0.05, 0.1) is 19.7 Å². The minimum absolute atomic E-state index is 0.449. The summed E-state index contributed by atoms with van der Waals surface area (Å²) in [5.41, 5.74) is 6.45. The van der Waals surface area contributed by atoms with Crippen LogP contribution in [0.5, 0.6) is 11.5 Å². The van der Waals surface area contributed by atoms with E-state index in [0.29, 0.717) is 6.54 Å². The number of hydrogen-bond acceptors (Lipinski definition) is 5. The molecule has 0 saturated heterocycles. The van der Waals surface area contributed by atoms with Crippen molar-refractivity contribution in [3.63, 3.8) is 0 Å². The average Bonchev–Trinajstić information content (AvgIpc) is 2.70. The van der Waals surface area contributed by atoms with Crippen molar-refractivity contribution in [1.29, 1.82) is 0 Å². The van der Waals surface area contributed by atoms with Crippen molar-refractivity contribution in [3.8, 4) is 11.5 Å². The van der Waals surface area contributed by atoms with Gasteiger partial charge >= 0.3 is 0 Å². The average molecular weight is 224 g/mol. The highest BCUT2D eigenvalue weighted by molar-refractivity contribution is 7.19. The Hall–Kier alpha value is -1.33. The quantitative estimate of drug-likeness (QED) is 0.863. The highest BCUT2D eigenvalue weighted by Gasteiger charge is 2.12. The summed E-state index contributed by atoms with van der Waals surface area (Å²) in [5, 5.41) is 0.900. The van der Waals surface area contributed by atoms with Gasteiger partial charge in [-0.15, -0.1) is 11.3 Å². The zero-order chi connectivity index (χ0) is 10.8. The maximum absolute atomic E-state index is 5.55. The molecule has 0 radical (unpaired) electrons. The van der Waals surface area contributed by atoms with Gasteiger partial charge in [0.1, 0.15) is 9.71 Å². The number of benzene rings is 1. The monoisotopic (exact) mass is 224 g/mol. The minimum Gasteiger partial charge on any atom is -0.493 e. The van der Waals surface area contributed by atoms with Crippen molar-refractivity contribution in [2.75, 3.05) is 14.2 Å². The van der Waals surface area contributed by atoms with Crippen LogP contribution in [0.2, 0.25) is 0 Å². The van der Waals surface area contributed by atoms with E-state index in [1.54, 1.807) is 14.2 Å². The van der Waals surface area contributed by atoms with E-state index in [9.17, 15) is 0 Å². The molecule has 0 amide bonds. The first-order valence-electron chi connectivity index (χ1n) is 4.50. The van der Waals surface area contributed by atoms with Crippen molar-refractivity contribution in [3.05, 3.63) is 17.1 Å². The predicted octanol–water partition coefficient (Wildman–Crippen LogP) is 1.77. The number of rotatable bonds is 3. The fourth-order valence-corrected chi connectivity index (χ4v) is 2.40. The van der Waals surface area contributed by atoms with Gasteiger partial charge in [-0.25, -0.2) is 4.98 Å². The van der Waals surface area contributed by atoms with Crippen molar-refractivity contribution in [2.24, 2.45) is 5.73 Å². The lowest BCUT2D eigenvalue weighted by atomic mass is 10.3.